The molecule has 0 aliphatic heterocycles. The summed E-state index contributed by atoms with van der Waals surface area (Å²) in [4.78, 5) is 29.9. The van der Waals surface area contributed by atoms with E-state index >= 15 is 0 Å². The smallest absolute Gasteiger partial charge is 0.547 e. The summed E-state index contributed by atoms with van der Waals surface area (Å²) in [6.07, 6.45) is -24.2. The van der Waals surface area contributed by atoms with E-state index in [-0.39, 0.29) is 40.4 Å². The third-order valence-corrected chi connectivity index (χ3v) is 4.49. The molecule has 12 atom stereocenters. The number of carboxylic acids is 3. The largest absolute Gasteiger partial charge is 3.00 e. The Hall–Kier alpha value is -0.852. The van der Waals surface area contributed by atoms with Crippen molar-refractivity contribution in [3.63, 3.8) is 0 Å². The summed E-state index contributed by atoms with van der Waals surface area (Å²) in [5, 5.41) is 160. The summed E-state index contributed by atoms with van der Waals surface area (Å²) in [7, 11) is 0. The van der Waals surface area contributed by atoms with Crippen molar-refractivity contribution in [2.75, 3.05) is 19.8 Å². The quantitative estimate of drug-likeness (QED) is 0.0742. The predicted molar refractivity (Wildman–Crippen MR) is 108 cm³/mol. The molecule has 0 aromatic carbocycles. The van der Waals surface area contributed by atoms with Crippen LogP contribution in [0.15, 0.2) is 0 Å². The zero-order valence-electron chi connectivity index (χ0n) is 20.1. The molecule has 0 aromatic heterocycles. The number of rotatable bonds is 15. The van der Waals surface area contributed by atoms with E-state index in [9.17, 15) is 29.7 Å². The first kappa shape index (κ1) is 46.1. The van der Waals surface area contributed by atoms with Gasteiger partial charge < -0.3 is 106 Å². The number of carbonyl (C=O) groups excluding carboxylic acids is 3. The van der Waals surface area contributed by atoms with Crippen LogP contribution < -0.4 is 15.3 Å². The molecule has 237 valence electrons. The van der Waals surface area contributed by atoms with Gasteiger partial charge in [-0.3, -0.25) is 0 Å². The Bertz CT molecular complexity index is 608. The van der Waals surface area contributed by atoms with Crippen molar-refractivity contribution in [1.29, 1.82) is 0 Å². The molecule has 22 heteroatoms. The summed E-state index contributed by atoms with van der Waals surface area (Å²) >= 11 is 0. The van der Waals surface area contributed by atoms with Gasteiger partial charge >= 0.3 is 40.4 Å². The Morgan fingerprint density at radius 3 is 0.650 bits per heavy atom. The molecule has 0 aliphatic carbocycles. The molecule has 21 nitrogen and oxygen atoms in total. The predicted octanol–water partition coefficient (Wildman–Crippen LogP) is -14.5. The van der Waals surface area contributed by atoms with Crippen LogP contribution in [0.25, 0.3) is 0 Å². The van der Waals surface area contributed by atoms with E-state index in [0.29, 0.717) is 0 Å². The maximum absolute atomic E-state index is 9.98. The molecule has 0 bridgehead atoms. The van der Waals surface area contributed by atoms with Crippen LogP contribution in [0.5, 0.6) is 0 Å². The van der Waals surface area contributed by atoms with E-state index < -0.39 is 111 Å². The van der Waals surface area contributed by atoms with Crippen molar-refractivity contribution >= 4 is 17.9 Å². The van der Waals surface area contributed by atoms with Crippen LogP contribution in [0.2, 0.25) is 0 Å². The average Bonchev–Trinajstić information content (AvgIpc) is 2.92. The minimum Gasteiger partial charge on any atom is -0.547 e. The summed E-state index contributed by atoms with van der Waals surface area (Å²) in [6.45, 7) is -2.59. The van der Waals surface area contributed by atoms with Crippen LogP contribution in [0.1, 0.15) is 0 Å². The van der Waals surface area contributed by atoms with E-state index in [1.807, 2.05) is 0 Å². The first-order valence-corrected chi connectivity index (χ1v) is 10.4. The first-order chi connectivity index (χ1) is 17.7. The monoisotopic (exact) mass is 737 g/mol. The van der Waals surface area contributed by atoms with Gasteiger partial charge in [-0.15, -0.1) is 0 Å². The van der Waals surface area contributed by atoms with Crippen LogP contribution >= 0.6 is 0 Å². The van der Waals surface area contributed by atoms with Gasteiger partial charge in [-0.25, -0.2) is 0 Å². The standard InChI is InChI=1S/3C6H12O7.Sm/c3*7-1-2(8)3(9)4(10)5(11)6(12)13;/h3*2-5,7-11H,1H2,(H,12,13);/q;;;+3/p-3/t3*2-,3-,4+,5-;/m111./s1. The van der Waals surface area contributed by atoms with Gasteiger partial charge in [0.1, 0.15) is 73.2 Å². The van der Waals surface area contributed by atoms with Crippen molar-refractivity contribution < 1.29 is 147 Å². The van der Waals surface area contributed by atoms with E-state index in [0.717, 1.165) is 0 Å². The molecule has 0 amide bonds. The van der Waals surface area contributed by atoms with E-state index in [1.54, 1.807) is 0 Å². The topological polar surface area (TPSA) is 424 Å². The molecular formula is C18H33O21Sm. The van der Waals surface area contributed by atoms with Crippen molar-refractivity contribution in [1.82, 2.24) is 0 Å². The third kappa shape index (κ3) is 17.2. The van der Waals surface area contributed by atoms with E-state index in [2.05, 4.69) is 0 Å². The number of hydrogen-bond acceptors (Lipinski definition) is 21. The van der Waals surface area contributed by atoms with Gasteiger partial charge in [0, 0.05) is 0 Å². The molecule has 1 radical (unpaired) electrons. The molecule has 0 unspecified atom stereocenters. The third-order valence-electron chi connectivity index (χ3n) is 4.49. The fourth-order valence-electron chi connectivity index (χ4n) is 1.99. The van der Waals surface area contributed by atoms with Gasteiger partial charge in [-0.05, 0) is 0 Å². The van der Waals surface area contributed by atoms with Gasteiger partial charge in [0.15, 0.2) is 0 Å². The Morgan fingerprint density at radius 1 is 0.400 bits per heavy atom. The molecule has 40 heavy (non-hydrogen) atoms. The molecular weight excluding hydrogens is 703 g/mol. The van der Waals surface area contributed by atoms with E-state index in [1.165, 1.54) is 0 Å². The zero-order chi connectivity index (χ0) is 31.8. The first-order valence-electron chi connectivity index (χ1n) is 10.4. The normalized spacial score (nSPS) is 19.9. The number of hydrogen-bond donors (Lipinski definition) is 15. The average molecular weight is 736 g/mol. The summed E-state index contributed by atoms with van der Waals surface area (Å²) in [5.41, 5.74) is 0. The van der Waals surface area contributed by atoms with Gasteiger partial charge in [-0.2, -0.15) is 0 Å². The van der Waals surface area contributed by atoms with Gasteiger partial charge in [-0.1, -0.05) is 0 Å². The summed E-state index contributed by atoms with van der Waals surface area (Å²) in [6, 6.07) is 0. The Morgan fingerprint density at radius 2 is 0.550 bits per heavy atom. The van der Waals surface area contributed by atoms with Crippen molar-refractivity contribution in [2.24, 2.45) is 0 Å². The van der Waals surface area contributed by atoms with Crippen LogP contribution in [-0.4, -0.2) is 188 Å². The summed E-state index contributed by atoms with van der Waals surface area (Å²) < 4.78 is 0. The van der Waals surface area contributed by atoms with Crippen LogP contribution in [0.4, 0.5) is 0 Å². The molecule has 0 spiro atoms. The second-order valence-corrected chi connectivity index (χ2v) is 7.48. The second kappa shape index (κ2) is 23.7. The van der Waals surface area contributed by atoms with Crippen molar-refractivity contribution in [3.05, 3.63) is 0 Å². The molecule has 0 rings (SSSR count). The number of aliphatic hydroxyl groups excluding tert-OH is 15. The molecule has 0 fully saturated rings. The van der Waals surface area contributed by atoms with E-state index in [4.69, 9.17) is 76.6 Å². The Kier molecular flexibility index (Phi) is 27.3. The zero-order valence-corrected chi connectivity index (χ0v) is 22.7. The van der Waals surface area contributed by atoms with Crippen molar-refractivity contribution in [2.45, 2.75) is 73.2 Å². The second-order valence-electron chi connectivity index (χ2n) is 7.48. The van der Waals surface area contributed by atoms with Gasteiger partial charge in [0.05, 0.1) is 37.7 Å². The Balaban J connectivity index is -0.000000240. The Labute approximate surface area is 256 Å². The molecule has 15 N–H and O–H groups in total. The maximum Gasteiger partial charge on any atom is 3.00 e. The number of carboxylic acid groups (broad SMARTS) is 3. The fourth-order valence-corrected chi connectivity index (χ4v) is 1.99. The molecule has 0 saturated carbocycles. The minimum atomic E-state index is -2.31. The van der Waals surface area contributed by atoms with Crippen LogP contribution in [0, 0.1) is 40.4 Å². The molecule has 0 heterocycles. The van der Waals surface area contributed by atoms with Gasteiger partial charge in [0.2, 0.25) is 0 Å². The number of carbonyl (C=O) groups is 3. The molecule has 0 saturated heterocycles. The SMILES string of the molecule is O=C([O-])[C@H](O)[C@@H](O)[C@H](O)[C@H](O)CO.O=C([O-])[C@H](O)[C@@H](O)[C@H](O)[C@H](O)CO.O=C([O-])[C@H](O)[C@@H](O)[C@H](O)[C@H](O)CO.[Sm+3]. The molecule has 0 aromatic rings. The van der Waals surface area contributed by atoms with Crippen LogP contribution in [0.3, 0.4) is 0 Å². The number of aliphatic carboxylic acids is 3. The van der Waals surface area contributed by atoms with Crippen LogP contribution in [-0.2, 0) is 14.4 Å². The fraction of sp³-hybridized carbons (Fsp3) is 0.833. The number of aliphatic hydroxyl groups is 15. The summed E-state index contributed by atoms with van der Waals surface area (Å²) in [5.74, 6) is -5.93. The minimum absolute atomic E-state index is 0. The maximum atomic E-state index is 9.98. The molecule has 0 aliphatic rings. The van der Waals surface area contributed by atoms with Gasteiger partial charge in [0.25, 0.3) is 0 Å². The van der Waals surface area contributed by atoms with Crippen molar-refractivity contribution in [3.8, 4) is 0 Å².